The van der Waals surface area contributed by atoms with Gasteiger partial charge in [-0.25, -0.2) is 0 Å². The standard InChI is InChI=1S/C17H35NO3SSi/c1-8-9-10-11-12-17(22-13-18)23(19-14(2)3,20-15(4)5)21-16(6)7/h14-17H,8-12H2,1-7H3. The highest BCUT2D eigenvalue weighted by molar-refractivity contribution is 8.05. The van der Waals surface area contributed by atoms with Gasteiger partial charge in [0.15, 0.2) is 0 Å². The number of nitriles is 1. The molecule has 0 aromatic rings. The topological polar surface area (TPSA) is 51.5 Å². The molecule has 0 aliphatic carbocycles. The quantitative estimate of drug-likeness (QED) is 0.253. The van der Waals surface area contributed by atoms with Gasteiger partial charge in [-0.2, -0.15) is 5.26 Å². The molecule has 136 valence electrons. The Kier molecular flexibility index (Phi) is 12.3. The molecule has 0 saturated heterocycles. The first-order valence-electron chi connectivity index (χ1n) is 8.85. The first-order chi connectivity index (χ1) is 10.8. The van der Waals surface area contributed by atoms with Crippen molar-refractivity contribution in [1.82, 2.24) is 0 Å². The number of thiocyanates is 1. The van der Waals surface area contributed by atoms with Gasteiger partial charge >= 0.3 is 8.80 Å². The number of hydrogen-bond donors (Lipinski definition) is 0. The number of thioether (sulfide) groups is 1. The van der Waals surface area contributed by atoms with Crippen molar-refractivity contribution in [3.8, 4) is 5.40 Å². The van der Waals surface area contributed by atoms with E-state index in [1.165, 1.54) is 31.0 Å². The molecule has 0 amide bonds. The second-order valence-electron chi connectivity index (χ2n) is 6.65. The summed E-state index contributed by atoms with van der Waals surface area (Å²) in [4.78, 5) is -0.0310. The Hall–Kier alpha value is -0.0631. The Balaban J connectivity index is 5.34. The van der Waals surface area contributed by atoms with Crippen LogP contribution in [0.3, 0.4) is 0 Å². The number of hydrogen-bond acceptors (Lipinski definition) is 5. The Bertz CT molecular complexity index is 319. The normalized spacial score (nSPS) is 13.8. The maximum absolute atomic E-state index is 9.27. The Morgan fingerprint density at radius 1 is 0.870 bits per heavy atom. The number of rotatable bonds is 13. The van der Waals surface area contributed by atoms with Gasteiger partial charge in [0.05, 0.1) is 4.87 Å². The van der Waals surface area contributed by atoms with Crippen LogP contribution in [-0.2, 0) is 13.3 Å². The van der Waals surface area contributed by atoms with Crippen LogP contribution in [0.2, 0.25) is 0 Å². The van der Waals surface area contributed by atoms with E-state index in [4.69, 9.17) is 13.3 Å². The summed E-state index contributed by atoms with van der Waals surface area (Å²) >= 11 is 1.26. The molecule has 0 bridgehead atoms. The van der Waals surface area contributed by atoms with Gasteiger partial charge in [-0.1, -0.05) is 32.6 Å². The molecule has 1 atom stereocenters. The highest BCUT2D eigenvalue weighted by atomic mass is 32.2. The largest absolute Gasteiger partial charge is 0.516 e. The van der Waals surface area contributed by atoms with Gasteiger partial charge in [0.1, 0.15) is 5.40 Å². The highest BCUT2D eigenvalue weighted by Crippen LogP contribution is 2.32. The average Bonchev–Trinajstić information content (AvgIpc) is 2.39. The van der Waals surface area contributed by atoms with Crippen molar-refractivity contribution < 1.29 is 13.3 Å². The number of unbranched alkanes of at least 4 members (excludes halogenated alkanes) is 3. The fourth-order valence-electron chi connectivity index (χ4n) is 2.42. The summed E-state index contributed by atoms with van der Waals surface area (Å²) < 4.78 is 18.8. The smallest absolute Gasteiger partial charge is 0.370 e. The van der Waals surface area contributed by atoms with Crippen LogP contribution in [-0.4, -0.2) is 32.0 Å². The lowest BCUT2D eigenvalue weighted by atomic mass is 10.2. The molecule has 23 heavy (non-hydrogen) atoms. The van der Waals surface area contributed by atoms with Crippen molar-refractivity contribution in [3.63, 3.8) is 0 Å². The molecular weight excluding hydrogens is 326 g/mol. The van der Waals surface area contributed by atoms with Crippen molar-refractivity contribution in [2.45, 2.75) is 104 Å². The Labute approximate surface area is 148 Å². The van der Waals surface area contributed by atoms with Gasteiger partial charge in [-0.3, -0.25) is 0 Å². The van der Waals surface area contributed by atoms with Crippen molar-refractivity contribution in [1.29, 1.82) is 5.26 Å². The van der Waals surface area contributed by atoms with Crippen molar-refractivity contribution in [2.24, 2.45) is 0 Å². The zero-order valence-corrected chi connectivity index (χ0v) is 17.7. The third-order valence-electron chi connectivity index (χ3n) is 3.11. The summed E-state index contributed by atoms with van der Waals surface area (Å²) in [6.07, 6.45) is 5.60. The third kappa shape index (κ3) is 9.73. The maximum atomic E-state index is 9.27. The molecule has 0 saturated carbocycles. The zero-order valence-electron chi connectivity index (χ0n) is 15.9. The minimum atomic E-state index is -2.95. The predicted molar refractivity (Wildman–Crippen MR) is 100 cm³/mol. The summed E-state index contributed by atoms with van der Waals surface area (Å²) in [7, 11) is -2.95. The monoisotopic (exact) mass is 361 g/mol. The van der Waals surface area contributed by atoms with Crippen LogP contribution in [0.5, 0.6) is 0 Å². The SMILES string of the molecule is CCCCCCC(SC#N)[Si](OC(C)C)(OC(C)C)OC(C)C. The molecule has 0 aliphatic heterocycles. The molecule has 1 unspecified atom stereocenters. The Morgan fingerprint density at radius 3 is 1.70 bits per heavy atom. The zero-order chi connectivity index (χ0) is 17.9. The third-order valence-corrected chi connectivity index (χ3v) is 8.43. The summed E-state index contributed by atoms with van der Waals surface area (Å²) in [5, 5.41) is 11.5. The molecule has 4 nitrogen and oxygen atoms in total. The number of nitrogens with zero attached hydrogens (tertiary/aromatic N) is 1. The molecule has 0 fully saturated rings. The van der Waals surface area contributed by atoms with Crippen molar-refractivity contribution >= 4 is 20.6 Å². The van der Waals surface area contributed by atoms with Gasteiger partial charge in [0.25, 0.3) is 0 Å². The van der Waals surface area contributed by atoms with E-state index in [0.717, 1.165) is 12.8 Å². The summed E-state index contributed by atoms with van der Waals surface area (Å²) in [5.41, 5.74) is 0. The molecule has 0 aliphatic rings. The van der Waals surface area contributed by atoms with Crippen molar-refractivity contribution in [3.05, 3.63) is 0 Å². The van der Waals surface area contributed by atoms with E-state index < -0.39 is 8.80 Å². The second-order valence-corrected chi connectivity index (χ2v) is 10.7. The summed E-state index contributed by atoms with van der Waals surface area (Å²) in [6, 6.07) is 0. The van der Waals surface area contributed by atoms with E-state index in [-0.39, 0.29) is 23.2 Å². The maximum Gasteiger partial charge on any atom is 0.516 e. The lowest BCUT2D eigenvalue weighted by Crippen LogP contribution is -2.58. The van der Waals surface area contributed by atoms with Crippen LogP contribution in [0.15, 0.2) is 0 Å². The Morgan fingerprint density at radius 2 is 1.35 bits per heavy atom. The van der Waals surface area contributed by atoms with E-state index in [9.17, 15) is 5.26 Å². The van der Waals surface area contributed by atoms with Crippen LogP contribution < -0.4 is 0 Å². The molecule has 0 N–H and O–H groups in total. The molecule has 0 aromatic heterocycles. The highest BCUT2D eigenvalue weighted by Gasteiger charge is 2.52. The first kappa shape index (κ1) is 22.9. The molecular formula is C17H35NO3SSi. The van der Waals surface area contributed by atoms with Crippen LogP contribution in [0.25, 0.3) is 0 Å². The molecule has 0 spiro atoms. The predicted octanol–water partition coefficient (Wildman–Crippen LogP) is 5.29. The van der Waals surface area contributed by atoms with Gasteiger partial charge in [-0.15, -0.1) is 0 Å². The minimum absolute atomic E-state index is 0.0107. The second kappa shape index (κ2) is 12.3. The van der Waals surface area contributed by atoms with Crippen LogP contribution in [0.4, 0.5) is 0 Å². The fraction of sp³-hybridized carbons (Fsp3) is 0.941. The molecule has 0 rings (SSSR count). The van der Waals surface area contributed by atoms with Crippen LogP contribution >= 0.6 is 11.8 Å². The summed E-state index contributed by atoms with van der Waals surface area (Å²) in [5.74, 6) is 0. The van der Waals surface area contributed by atoms with E-state index in [0.29, 0.717) is 0 Å². The van der Waals surface area contributed by atoms with E-state index in [2.05, 4.69) is 12.3 Å². The minimum Gasteiger partial charge on any atom is -0.370 e. The first-order valence-corrected chi connectivity index (χ1v) is 11.5. The van der Waals surface area contributed by atoms with Crippen molar-refractivity contribution in [2.75, 3.05) is 0 Å². The molecule has 6 heteroatoms. The van der Waals surface area contributed by atoms with E-state index in [1.807, 2.05) is 41.5 Å². The summed E-state index contributed by atoms with van der Waals surface area (Å²) in [6.45, 7) is 14.2. The fourth-order valence-corrected chi connectivity index (χ4v) is 7.22. The van der Waals surface area contributed by atoms with Crippen LogP contribution in [0, 0.1) is 10.7 Å². The van der Waals surface area contributed by atoms with Gasteiger partial charge in [0.2, 0.25) is 0 Å². The average molecular weight is 362 g/mol. The molecule has 0 heterocycles. The molecule has 0 aromatic carbocycles. The van der Waals surface area contributed by atoms with E-state index >= 15 is 0 Å². The van der Waals surface area contributed by atoms with Gasteiger partial charge in [0, 0.05) is 18.3 Å². The molecule has 0 radical (unpaired) electrons. The van der Waals surface area contributed by atoms with Gasteiger partial charge < -0.3 is 13.3 Å². The van der Waals surface area contributed by atoms with Crippen LogP contribution in [0.1, 0.15) is 80.6 Å². The lowest BCUT2D eigenvalue weighted by molar-refractivity contribution is 0.00122. The van der Waals surface area contributed by atoms with E-state index in [1.54, 1.807) is 0 Å². The van der Waals surface area contributed by atoms with Gasteiger partial charge in [-0.05, 0) is 59.7 Å². The lowest BCUT2D eigenvalue weighted by Gasteiger charge is -2.38.